The van der Waals surface area contributed by atoms with Gasteiger partial charge >= 0.3 is 182 Å². The summed E-state index contributed by atoms with van der Waals surface area (Å²) in [6.07, 6.45) is 11.3. The first kappa shape index (κ1) is 21.7. The molecule has 0 bridgehead atoms. The van der Waals surface area contributed by atoms with Crippen molar-refractivity contribution in [3.8, 4) is 11.5 Å². The van der Waals surface area contributed by atoms with E-state index in [0.29, 0.717) is 20.6 Å². The van der Waals surface area contributed by atoms with Crippen LogP contribution in [0, 0.1) is 23.3 Å². The zero-order valence-electron chi connectivity index (χ0n) is 17.0. The van der Waals surface area contributed by atoms with Gasteiger partial charge < -0.3 is 0 Å². The molecule has 2 aromatic rings. The summed E-state index contributed by atoms with van der Waals surface area (Å²) >= 11 is -4.77. The first-order valence-corrected chi connectivity index (χ1v) is 12.9. The van der Waals surface area contributed by atoms with Crippen LogP contribution in [0.5, 0.6) is 11.5 Å². The average molecular weight is 464 g/mol. The van der Waals surface area contributed by atoms with Gasteiger partial charge in [0, 0.05) is 0 Å². The van der Waals surface area contributed by atoms with Crippen molar-refractivity contribution in [2.45, 2.75) is 12.8 Å². The van der Waals surface area contributed by atoms with Crippen LogP contribution in [0.15, 0.2) is 68.5 Å². The molecule has 160 valence electrons. The van der Waals surface area contributed by atoms with Crippen molar-refractivity contribution in [3.63, 3.8) is 0 Å². The Hall–Kier alpha value is -2.57. The van der Waals surface area contributed by atoms with E-state index in [4.69, 9.17) is 9.47 Å². The van der Waals surface area contributed by atoms with Gasteiger partial charge in [0.15, 0.2) is 0 Å². The van der Waals surface area contributed by atoms with E-state index < -0.39 is 39.9 Å². The van der Waals surface area contributed by atoms with Crippen LogP contribution in [0.25, 0.3) is 0 Å². The van der Waals surface area contributed by atoms with Crippen molar-refractivity contribution in [1.29, 1.82) is 0 Å². The molecule has 0 saturated heterocycles. The van der Waals surface area contributed by atoms with Crippen LogP contribution >= 0.6 is 0 Å². The van der Waals surface area contributed by atoms with E-state index in [1.807, 2.05) is 12.2 Å². The number of hydrogen-bond acceptors (Lipinski definition) is 2. The Balaban J connectivity index is 2.21. The van der Waals surface area contributed by atoms with Crippen molar-refractivity contribution in [2.24, 2.45) is 0 Å². The number of halogens is 4. The van der Waals surface area contributed by atoms with Crippen LogP contribution < -0.4 is 17.2 Å². The van der Waals surface area contributed by atoms with E-state index in [9.17, 15) is 0 Å². The zero-order chi connectivity index (χ0) is 22.2. The molecule has 0 amide bonds. The summed E-state index contributed by atoms with van der Waals surface area (Å²) in [6.45, 7) is 0. The van der Waals surface area contributed by atoms with E-state index in [2.05, 4.69) is 0 Å². The van der Waals surface area contributed by atoms with Gasteiger partial charge in [-0.3, -0.25) is 0 Å². The fourth-order valence-electron chi connectivity index (χ4n) is 4.49. The summed E-state index contributed by atoms with van der Waals surface area (Å²) in [5.74, 6) is -3.89. The first-order valence-electron chi connectivity index (χ1n) is 9.74. The maximum atomic E-state index is 15.8. The molecule has 31 heavy (non-hydrogen) atoms. The summed E-state index contributed by atoms with van der Waals surface area (Å²) < 4.78 is 73.4. The molecule has 0 N–H and O–H groups in total. The van der Waals surface area contributed by atoms with Crippen LogP contribution in [0.1, 0.15) is 12.8 Å². The molecule has 2 aliphatic rings. The zero-order valence-corrected chi connectivity index (χ0v) is 18.6. The number of methoxy groups -OCH3 is 2. The Morgan fingerprint density at radius 1 is 0.677 bits per heavy atom. The monoisotopic (exact) mass is 464 g/mol. The van der Waals surface area contributed by atoms with Gasteiger partial charge in [0.2, 0.25) is 0 Å². The van der Waals surface area contributed by atoms with Crippen LogP contribution in [-0.4, -0.2) is 14.2 Å². The number of allylic oxidation sites excluding steroid dienone is 8. The van der Waals surface area contributed by atoms with Crippen molar-refractivity contribution >= 4 is 7.74 Å². The molecule has 4 rings (SSSR count). The Bertz CT molecular complexity index is 1070. The van der Waals surface area contributed by atoms with Crippen LogP contribution in [0.3, 0.4) is 0 Å². The molecule has 0 saturated carbocycles. The second-order valence-corrected chi connectivity index (χ2v) is 13.2. The Labute approximate surface area is 181 Å². The summed E-state index contributed by atoms with van der Waals surface area (Å²) in [6, 6.07) is 4.56. The fourth-order valence-corrected chi connectivity index (χ4v) is 12.7. The standard InChI is InChI=1S/2C7H5F2O.2C5H5.Ti/c2*1-10-7-3-2-5(8)4-6(7)9;2*1-2-4-5-3-1;/h2*2-3H,1H3;2*1-3H,4H2;. The van der Waals surface area contributed by atoms with Gasteiger partial charge in [0.1, 0.15) is 0 Å². The first-order chi connectivity index (χ1) is 15.0. The molecule has 0 atom stereocenters. The number of benzene rings is 2. The summed E-state index contributed by atoms with van der Waals surface area (Å²) in [4.78, 5) is 0. The van der Waals surface area contributed by atoms with Gasteiger partial charge in [-0.2, -0.15) is 0 Å². The molecule has 0 spiro atoms. The van der Waals surface area contributed by atoms with Gasteiger partial charge in [-0.25, -0.2) is 0 Å². The van der Waals surface area contributed by atoms with Crippen LogP contribution in [-0.2, 0) is 16.6 Å². The van der Waals surface area contributed by atoms with Crippen molar-refractivity contribution in [1.82, 2.24) is 0 Å². The van der Waals surface area contributed by atoms with E-state index in [1.54, 1.807) is 24.3 Å². The second-order valence-electron chi connectivity index (χ2n) is 7.28. The van der Waals surface area contributed by atoms with Gasteiger partial charge in [0.05, 0.1) is 0 Å². The molecule has 0 aromatic heterocycles. The van der Waals surface area contributed by atoms with Crippen LogP contribution in [0.2, 0.25) is 0 Å². The van der Waals surface area contributed by atoms with Gasteiger partial charge in [0.25, 0.3) is 0 Å². The second kappa shape index (κ2) is 8.52. The molecular formula is C24H20F4O2Ti. The third-order valence-corrected chi connectivity index (χ3v) is 13.7. The van der Waals surface area contributed by atoms with Gasteiger partial charge in [-0.1, -0.05) is 0 Å². The van der Waals surface area contributed by atoms with Crippen molar-refractivity contribution < 1.29 is 43.6 Å². The summed E-state index contributed by atoms with van der Waals surface area (Å²) in [7, 11) is 2.54. The predicted molar refractivity (Wildman–Crippen MR) is 109 cm³/mol. The number of ether oxygens (including phenoxy) is 2. The van der Waals surface area contributed by atoms with E-state index in [-0.39, 0.29) is 19.2 Å². The number of hydrogen-bond donors (Lipinski definition) is 0. The number of rotatable bonds is 6. The minimum atomic E-state index is -4.77. The molecule has 0 heterocycles. The Morgan fingerprint density at radius 3 is 1.42 bits per heavy atom. The topological polar surface area (TPSA) is 18.5 Å². The molecule has 0 aliphatic heterocycles. The molecule has 7 heteroatoms. The predicted octanol–water partition coefficient (Wildman–Crippen LogP) is 5.05. The van der Waals surface area contributed by atoms with E-state index in [1.165, 1.54) is 26.4 Å². The fraction of sp³-hybridized carbons (Fsp3) is 0.167. The van der Waals surface area contributed by atoms with E-state index in [0.717, 1.165) is 12.1 Å². The molecule has 0 unspecified atom stereocenters. The molecule has 2 aromatic carbocycles. The summed E-state index contributed by atoms with van der Waals surface area (Å²) in [5.41, 5.74) is 0. The Kier molecular flexibility index (Phi) is 5.95. The third kappa shape index (κ3) is 3.29. The molecule has 2 aliphatic carbocycles. The molecule has 0 radical (unpaired) electrons. The Morgan fingerprint density at radius 2 is 1.10 bits per heavy atom. The van der Waals surface area contributed by atoms with Crippen LogP contribution in [0.4, 0.5) is 17.6 Å². The molecular weight excluding hydrogens is 444 g/mol. The SMILES string of the molecule is COc1ccc(F)[c]([Ti]([C]2=CC=CC2)([C]2=CC=CC2)[c]2c(F)ccc(OC)c2F)c1F. The normalized spacial score (nSPS) is 15.3. The van der Waals surface area contributed by atoms with Gasteiger partial charge in [-0.15, -0.1) is 0 Å². The average Bonchev–Trinajstić information content (AvgIpc) is 3.47. The maximum absolute atomic E-state index is 15.8. The van der Waals surface area contributed by atoms with Crippen molar-refractivity contribution in [2.75, 3.05) is 14.2 Å². The third-order valence-electron chi connectivity index (χ3n) is 5.81. The molecule has 2 nitrogen and oxygen atoms in total. The summed E-state index contributed by atoms with van der Waals surface area (Å²) in [5, 5.41) is 0. The van der Waals surface area contributed by atoms with E-state index >= 15 is 17.6 Å². The molecule has 0 fully saturated rings. The van der Waals surface area contributed by atoms with Gasteiger partial charge in [-0.05, 0) is 0 Å². The van der Waals surface area contributed by atoms with Crippen molar-refractivity contribution in [3.05, 3.63) is 91.7 Å². The quantitative estimate of drug-likeness (QED) is 0.440. The minimum absolute atomic E-state index is 0.173.